The highest BCUT2D eigenvalue weighted by molar-refractivity contribution is 4.71. The van der Waals surface area contributed by atoms with Crippen LogP contribution < -0.4 is 5.32 Å². The molecule has 0 aromatic rings. The zero-order chi connectivity index (χ0) is 15.1. The Balaban J connectivity index is 4.02. The van der Waals surface area contributed by atoms with E-state index in [-0.39, 0.29) is 11.2 Å². The molecular weight excluding hydrogens is 238 g/mol. The lowest BCUT2D eigenvalue weighted by atomic mass is 10.1. The van der Waals surface area contributed by atoms with E-state index in [1.165, 1.54) is 0 Å². The van der Waals surface area contributed by atoms with Crippen LogP contribution in [-0.2, 0) is 9.47 Å². The van der Waals surface area contributed by atoms with Gasteiger partial charge in [0.2, 0.25) is 0 Å². The van der Waals surface area contributed by atoms with Gasteiger partial charge in [-0.15, -0.1) is 0 Å². The summed E-state index contributed by atoms with van der Waals surface area (Å²) in [7, 11) is 0. The molecule has 3 heteroatoms. The first-order valence-corrected chi connectivity index (χ1v) is 7.53. The molecule has 0 unspecified atom stereocenters. The molecule has 0 heterocycles. The number of ether oxygens (including phenoxy) is 2. The van der Waals surface area contributed by atoms with Crippen LogP contribution in [0.4, 0.5) is 0 Å². The Hall–Kier alpha value is -0.120. The van der Waals surface area contributed by atoms with Crippen molar-refractivity contribution in [2.45, 2.75) is 91.5 Å². The summed E-state index contributed by atoms with van der Waals surface area (Å²) in [5.74, 6) is 0. The van der Waals surface area contributed by atoms with E-state index in [4.69, 9.17) is 9.47 Å². The summed E-state index contributed by atoms with van der Waals surface area (Å²) < 4.78 is 11.6. The van der Waals surface area contributed by atoms with E-state index in [0.717, 1.165) is 26.1 Å². The molecule has 0 aliphatic rings. The van der Waals surface area contributed by atoms with Crippen molar-refractivity contribution in [2.24, 2.45) is 0 Å². The summed E-state index contributed by atoms with van der Waals surface area (Å²) >= 11 is 0. The molecule has 0 aliphatic heterocycles. The third-order valence-electron chi connectivity index (χ3n) is 2.57. The first kappa shape index (κ1) is 18.9. The van der Waals surface area contributed by atoms with E-state index in [1.54, 1.807) is 0 Å². The normalized spacial score (nSPS) is 13.6. The second kappa shape index (κ2) is 8.23. The number of hydrogen-bond acceptors (Lipinski definition) is 3. The lowest BCUT2D eigenvalue weighted by Gasteiger charge is -2.26. The maximum Gasteiger partial charge on any atom is 0.0598 e. The topological polar surface area (TPSA) is 30.5 Å². The number of rotatable bonds is 8. The molecule has 0 aliphatic carbocycles. The fourth-order valence-electron chi connectivity index (χ4n) is 1.80. The van der Waals surface area contributed by atoms with E-state index in [1.807, 2.05) is 0 Å². The third kappa shape index (κ3) is 14.1. The third-order valence-corrected chi connectivity index (χ3v) is 2.57. The van der Waals surface area contributed by atoms with Gasteiger partial charge in [-0.2, -0.15) is 0 Å². The van der Waals surface area contributed by atoms with Crippen LogP contribution >= 0.6 is 0 Å². The molecule has 1 N–H and O–H groups in total. The molecule has 19 heavy (non-hydrogen) atoms. The Labute approximate surface area is 120 Å². The minimum Gasteiger partial charge on any atom is -0.376 e. The monoisotopic (exact) mass is 273 g/mol. The van der Waals surface area contributed by atoms with Gasteiger partial charge >= 0.3 is 0 Å². The molecule has 0 aromatic heterocycles. The Morgan fingerprint density at radius 3 is 1.42 bits per heavy atom. The summed E-state index contributed by atoms with van der Waals surface area (Å²) in [5, 5.41) is 3.59. The Morgan fingerprint density at radius 1 is 0.789 bits per heavy atom. The van der Waals surface area contributed by atoms with E-state index >= 15 is 0 Å². The van der Waals surface area contributed by atoms with Gasteiger partial charge in [-0.1, -0.05) is 13.8 Å². The summed E-state index contributed by atoms with van der Waals surface area (Å²) in [6, 6.07) is 0.957. The molecule has 0 saturated carbocycles. The van der Waals surface area contributed by atoms with Gasteiger partial charge in [0.05, 0.1) is 11.2 Å². The average Bonchev–Trinajstić information content (AvgIpc) is 2.11. The molecule has 0 fully saturated rings. The van der Waals surface area contributed by atoms with Crippen molar-refractivity contribution >= 4 is 0 Å². The summed E-state index contributed by atoms with van der Waals surface area (Å²) in [6.07, 6.45) is 2.06. The number of nitrogens with one attached hydrogen (secondary N) is 1. The van der Waals surface area contributed by atoms with Gasteiger partial charge in [0.1, 0.15) is 0 Å². The van der Waals surface area contributed by atoms with E-state index in [9.17, 15) is 0 Å². The van der Waals surface area contributed by atoms with Crippen LogP contribution in [0.25, 0.3) is 0 Å². The zero-order valence-electron chi connectivity index (χ0n) is 14.3. The largest absolute Gasteiger partial charge is 0.376 e. The van der Waals surface area contributed by atoms with Gasteiger partial charge in [-0.25, -0.2) is 0 Å². The lowest BCUT2D eigenvalue weighted by molar-refractivity contribution is -0.0189. The van der Waals surface area contributed by atoms with Crippen molar-refractivity contribution in [2.75, 3.05) is 13.2 Å². The van der Waals surface area contributed by atoms with Crippen LogP contribution in [0.15, 0.2) is 0 Å². The second-order valence-corrected chi connectivity index (χ2v) is 7.52. The van der Waals surface area contributed by atoms with Crippen LogP contribution in [0.1, 0.15) is 68.2 Å². The van der Waals surface area contributed by atoms with Gasteiger partial charge < -0.3 is 14.8 Å². The van der Waals surface area contributed by atoms with Crippen LogP contribution in [0.3, 0.4) is 0 Å². The van der Waals surface area contributed by atoms with Crippen molar-refractivity contribution in [1.82, 2.24) is 5.32 Å². The molecule has 0 saturated heterocycles. The minimum atomic E-state index is -0.0513. The van der Waals surface area contributed by atoms with E-state index < -0.39 is 0 Å². The molecular formula is C16H35NO2. The Bertz CT molecular complexity index is 206. The maximum atomic E-state index is 5.81. The van der Waals surface area contributed by atoms with E-state index in [2.05, 4.69) is 60.7 Å². The van der Waals surface area contributed by atoms with Crippen LogP contribution in [-0.4, -0.2) is 36.5 Å². The first-order chi connectivity index (χ1) is 8.49. The molecule has 0 radical (unpaired) electrons. The van der Waals surface area contributed by atoms with Crippen LogP contribution in [0.5, 0.6) is 0 Å². The highest BCUT2D eigenvalue weighted by Crippen LogP contribution is 2.12. The number of hydrogen-bond donors (Lipinski definition) is 1. The molecule has 0 amide bonds. The zero-order valence-corrected chi connectivity index (χ0v) is 14.3. The second-order valence-electron chi connectivity index (χ2n) is 7.52. The first-order valence-electron chi connectivity index (χ1n) is 7.53. The van der Waals surface area contributed by atoms with Crippen molar-refractivity contribution in [3.63, 3.8) is 0 Å². The molecule has 0 rings (SSSR count). The molecule has 3 nitrogen and oxygen atoms in total. The fraction of sp³-hybridized carbons (Fsp3) is 1.00. The SMILES string of the molecule is CC(C)NC(CCOC(C)(C)C)CCOC(C)(C)C. The van der Waals surface area contributed by atoms with Gasteiger partial charge in [0.25, 0.3) is 0 Å². The van der Waals surface area contributed by atoms with Crippen molar-refractivity contribution in [1.29, 1.82) is 0 Å². The van der Waals surface area contributed by atoms with Gasteiger partial charge in [0.15, 0.2) is 0 Å². The minimum absolute atomic E-state index is 0.0513. The highest BCUT2D eigenvalue weighted by atomic mass is 16.5. The average molecular weight is 273 g/mol. The maximum absolute atomic E-state index is 5.81. The summed E-state index contributed by atoms with van der Waals surface area (Å²) in [4.78, 5) is 0. The predicted molar refractivity (Wildman–Crippen MR) is 82.7 cm³/mol. The lowest BCUT2D eigenvalue weighted by Crippen LogP contribution is -2.37. The Morgan fingerprint density at radius 2 is 1.16 bits per heavy atom. The van der Waals surface area contributed by atoms with Gasteiger partial charge in [0, 0.05) is 25.3 Å². The molecule has 116 valence electrons. The molecule has 0 spiro atoms. The molecule has 0 bridgehead atoms. The standard InChI is InChI=1S/C16H35NO2/c1-13(2)17-14(9-11-18-15(3,4)5)10-12-19-16(6,7)8/h13-14,17H,9-12H2,1-8H3. The van der Waals surface area contributed by atoms with Crippen molar-refractivity contribution in [3.8, 4) is 0 Å². The van der Waals surface area contributed by atoms with Crippen LogP contribution in [0, 0.1) is 0 Å². The van der Waals surface area contributed by atoms with Crippen molar-refractivity contribution in [3.05, 3.63) is 0 Å². The molecule has 0 aromatic carbocycles. The highest BCUT2D eigenvalue weighted by Gasteiger charge is 2.16. The van der Waals surface area contributed by atoms with E-state index in [0.29, 0.717) is 12.1 Å². The van der Waals surface area contributed by atoms with Gasteiger partial charge in [-0.3, -0.25) is 0 Å². The fourth-order valence-corrected chi connectivity index (χ4v) is 1.80. The quantitative estimate of drug-likeness (QED) is 0.730. The van der Waals surface area contributed by atoms with Crippen LogP contribution in [0.2, 0.25) is 0 Å². The summed E-state index contributed by atoms with van der Waals surface area (Å²) in [6.45, 7) is 18.5. The summed E-state index contributed by atoms with van der Waals surface area (Å²) in [5.41, 5.74) is -0.103. The predicted octanol–water partition coefficient (Wildman–Crippen LogP) is 3.76. The van der Waals surface area contributed by atoms with Gasteiger partial charge in [-0.05, 0) is 54.4 Å². The van der Waals surface area contributed by atoms with Crippen molar-refractivity contribution < 1.29 is 9.47 Å². The molecule has 0 atom stereocenters. The smallest absolute Gasteiger partial charge is 0.0598 e. The Kier molecular flexibility index (Phi) is 8.18.